The summed E-state index contributed by atoms with van der Waals surface area (Å²) in [5.74, 6) is -2.39. The summed E-state index contributed by atoms with van der Waals surface area (Å²) in [6, 6.07) is 4.38. The van der Waals surface area contributed by atoms with E-state index in [2.05, 4.69) is 4.98 Å². The van der Waals surface area contributed by atoms with Crippen LogP contribution in [0.3, 0.4) is 0 Å². The van der Waals surface area contributed by atoms with Crippen LogP contribution >= 0.6 is 11.6 Å². The van der Waals surface area contributed by atoms with Gasteiger partial charge in [-0.1, -0.05) is 11.6 Å². The minimum absolute atomic E-state index is 0.0483. The summed E-state index contributed by atoms with van der Waals surface area (Å²) in [7, 11) is 0. The molecule has 1 aromatic heterocycles. The molecule has 2 N–H and O–H groups in total. The van der Waals surface area contributed by atoms with Gasteiger partial charge in [0.15, 0.2) is 0 Å². The van der Waals surface area contributed by atoms with Crippen LogP contribution < -0.4 is 0 Å². The summed E-state index contributed by atoms with van der Waals surface area (Å²) in [4.78, 5) is 26.6. The van der Waals surface area contributed by atoms with E-state index in [9.17, 15) is 14.7 Å². The zero-order chi connectivity index (χ0) is 15.7. The number of aryl methyl sites for hydroxylation is 2. The Balaban J connectivity index is 2.79. The van der Waals surface area contributed by atoms with E-state index in [-0.39, 0.29) is 16.3 Å². The first-order valence-electron chi connectivity index (χ1n) is 6.05. The number of aromatic carboxylic acids is 2. The minimum atomic E-state index is -1.22. The van der Waals surface area contributed by atoms with Crippen LogP contribution in [0.15, 0.2) is 24.4 Å². The van der Waals surface area contributed by atoms with Crippen LogP contribution in [0.1, 0.15) is 31.8 Å². The average Bonchev–Trinajstić information content (AvgIpc) is 2.40. The fourth-order valence-corrected chi connectivity index (χ4v) is 2.28. The molecule has 0 saturated carbocycles. The van der Waals surface area contributed by atoms with E-state index in [1.165, 1.54) is 6.07 Å². The Morgan fingerprint density at radius 3 is 2.19 bits per heavy atom. The third-order valence-corrected chi connectivity index (χ3v) is 3.39. The van der Waals surface area contributed by atoms with Crippen molar-refractivity contribution in [1.29, 1.82) is 0 Å². The highest BCUT2D eigenvalue weighted by atomic mass is 35.5. The summed E-state index contributed by atoms with van der Waals surface area (Å²) in [6.45, 7) is 3.42. The van der Waals surface area contributed by atoms with Gasteiger partial charge in [0.2, 0.25) is 0 Å². The summed E-state index contributed by atoms with van der Waals surface area (Å²) < 4.78 is 0. The third-order valence-electron chi connectivity index (χ3n) is 3.09. The molecule has 0 unspecified atom stereocenters. The maximum atomic E-state index is 11.4. The number of carboxylic acid groups (broad SMARTS) is 2. The molecule has 108 valence electrons. The molecule has 0 aliphatic rings. The maximum Gasteiger partial charge on any atom is 0.336 e. The molecule has 21 heavy (non-hydrogen) atoms. The SMILES string of the molecule is Cc1cnc(Cl)c(-c2cc(C)c(C(=O)O)cc2C(=O)O)c1. The fraction of sp³-hybridized carbons (Fsp3) is 0.133. The monoisotopic (exact) mass is 305 g/mol. The van der Waals surface area contributed by atoms with Crippen molar-refractivity contribution in [3.63, 3.8) is 0 Å². The smallest absolute Gasteiger partial charge is 0.336 e. The number of halogens is 1. The Morgan fingerprint density at radius 1 is 1.00 bits per heavy atom. The first kappa shape index (κ1) is 15.0. The first-order chi connectivity index (χ1) is 9.81. The van der Waals surface area contributed by atoms with E-state index in [4.69, 9.17) is 16.7 Å². The summed E-state index contributed by atoms with van der Waals surface area (Å²) in [6.07, 6.45) is 1.57. The first-order valence-corrected chi connectivity index (χ1v) is 6.42. The Hall–Kier alpha value is -2.40. The van der Waals surface area contributed by atoms with Gasteiger partial charge in [0.05, 0.1) is 11.1 Å². The van der Waals surface area contributed by atoms with Crippen molar-refractivity contribution in [3.05, 3.63) is 51.8 Å². The topological polar surface area (TPSA) is 87.5 Å². The Bertz CT molecular complexity index is 756. The molecule has 1 aromatic carbocycles. The van der Waals surface area contributed by atoms with Gasteiger partial charge < -0.3 is 10.2 Å². The van der Waals surface area contributed by atoms with Crippen LogP contribution in [0.2, 0.25) is 5.15 Å². The van der Waals surface area contributed by atoms with Gasteiger partial charge in [-0.2, -0.15) is 0 Å². The lowest BCUT2D eigenvalue weighted by Gasteiger charge is -2.12. The van der Waals surface area contributed by atoms with E-state index in [0.717, 1.165) is 11.6 Å². The molecule has 1 heterocycles. The number of rotatable bonds is 3. The molecule has 0 amide bonds. The van der Waals surface area contributed by atoms with Gasteiger partial charge in [0, 0.05) is 11.8 Å². The molecule has 0 aliphatic heterocycles. The molecular weight excluding hydrogens is 294 g/mol. The summed E-state index contributed by atoms with van der Waals surface area (Å²) >= 11 is 6.04. The minimum Gasteiger partial charge on any atom is -0.478 e. The molecule has 0 saturated heterocycles. The van der Waals surface area contributed by atoms with Crippen molar-refractivity contribution >= 4 is 23.5 Å². The van der Waals surface area contributed by atoms with Crippen LogP contribution in [0, 0.1) is 13.8 Å². The van der Waals surface area contributed by atoms with Crippen molar-refractivity contribution in [3.8, 4) is 11.1 Å². The van der Waals surface area contributed by atoms with Gasteiger partial charge in [-0.3, -0.25) is 0 Å². The lowest BCUT2D eigenvalue weighted by atomic mass is 9.94. The second kappa shape index (κ2) is 5.54. The van der Waals surface area contributed by atoms with Gasteiger partial charge >= 0.3 is 11.9 Å². The molecular formula is C15H12ClNO4. The van der Waals surface area contributed by atoms with Gasteiger partial charge in [-0.05, 0) is 48.7 Å². The van der Waals surface area contributed by atoms with Crippen molar-refractivity contribution in [2.75, 3.05) is 0 Å². The molecule has 5 nitrogen and oxygen atoms in total. The van der Waals surface area contributed by atoms with Gasteiger partial charge in [0.1, 0.15) is 5.15 Å². The van der Waals surface area contributed by atoms with Crippen molar-refractivity contribution in [2.24, 2.45) is 0 Å². The maximum absolute atomic E-state index is 11.4. The number of pyridine rings is 1. The molecule has 0 spiro atoms. The number of aromatic nitrogens is 1. The highest BCUT2D eigenvalue weighted by molar-refractivity contribution is 6.32. The third kappa shape index (κ3) is 2.87. The Kier molecular flexibility index (Phi) is 3.95. The molecule has 2 rings (SSSR count). The number of hydrogen-bond acceptors (Lipinski definition) is 3. The molecule has 0 atom stereocenters. The number of hydrogen-bond donors (Lipinski definition) is 2. The number of nitrogens with zero attached hydrogens (tertiary/aromatic N) is 1. The van der Waals surface area contributed by atoms with E-state index in [1.54, 1.807) is 19.2 Å². The largest absolute Gasteiger partial charge is 0.478 e. The quantitative estimate of drug-likeness (QED) is 0.848. The van der Waals surface area contributed by atoms with E-state index < -0.39 is 11.9 Å². The van der Waals surface area contributed by atoms with E-state index in [1.807, 2.05) is 6.92 Å². The zero-order valence-electron chi connectivity index (χ0n) is 11.3. The molecule has 0 aliphatic carbocycles. The standard InChI is InChI=1S/C15H12ClNO4/c1-7-3-11(13(16)17-6-7)10-4-8(2)9(14(18)19)5-12(10)15(20)21/h3-6H,1-2H3,(H,18,19)(H,20,21). The van der Waals surface area contributed by atoms with Crippen molar-refractivity contribution < 1.29 is 19.8 Å². The normalized spacial score (nSPS) is 10.4. The van der Waals surface area contributed by atoms with Crippen LogP contribution in [-0.4, -0.2) is 27.1 Å². The second-order valence-corrected chi connectivity index (χ2v) is 5.03. The van der Waals surface area contributed by atoms with Gasteiger partial charge in [0.25, 0.3) is 0 Å². The predicted octanol–water partition coefficient (Wildman–Crippen LogP) is 3.42. The number of carboxylic acids is 2. The molecule has 0 bridgehead atoms. The average molecular weight is 306 g/mol. The van der Waals surface area contributed by atoms with Crippen LogP contribution in [-0.2, 0) is 0 Å². The van der Waals surface area contributed by atoms with Crippen LogP contribution in [0.5, 0.6) is 0 Å². The number of benzene rings is 1. The summed E-state index contributed by atoms with van der Waals surface area (Å²) in [5.41, 5.74) is 1.94. The molecule has 6 heteroatoms. The van der Waals surface area contributed by atoms with Crippen LogP contribution in [0.4, 0.5) is 0 Å². The second-order valence-electron chi connectivity index (χ2n) is 4.67. The van der Waals surface area contributed by atoms with Gasteiger partial charge in [-0.15, -0.1) is 0 Å². The molecule has 2 aromatic rings. The van der Waals surface area contributed by atoms with E-state index in [0.29, 0.717) is 16.7 Å². The fourth-order valence-electron chi connectivity index (χ4n) is 2.08. The number of carbonyl (C=O) groups is 2. The lowest BCUT2D eigenvalue weighted by Crippen LogP contribution is -2.07. The van der Waals surface area contributed by atoms with Crippen molar-refractivity contribution in [1.82, 2.24) is 4.98 Å². The zero-order valence-corrected chi connectivity index (χ0v) is 12.1. The predicted molar refractivity (Wildman–Crippen MR) is 78.1 cm³/mol. The highest BCUT2D eigenvalue weighted by Gasteiger charge is 2.19. The van der Waals surface area contributed by atoms with Crippen LogP contribution in [0.25, 0.3) is 11.1 Å². The highest BCUT2D eigenvalue weighted by Crippen LogP contribution is 2.32. The van der Waals surface area contributed by atoms with E-state index >= 15 is 0 Å². The Labute approximate surface area is 125 Å². The Morgan fingerprint density at radius 2 is 1.62 bits per heavy atom. The summed E-state index contributed by atoms with van der Waals surface area (Å²) in [5, 5.41) is 18.6. The molecule has 0 fully saturated rings. The van der Waals surface area contributed by atoms with Crippen molar-refractivity contribution in [2.45, 2.75) is 13.8 Å². The van der Waals surface area contributed by atoms with Gasteiger partial charge in [-0.25, -0.2) is 14.6 Å². The molecule has 0 radical (unpaired) electrons. The lowest BCUT2D eigenvalue weighted by molar-refractivity contribution is 0.0695.